The summed E-state index contributed by atoms with van der Waals surface area (Å²) < 4.78 is 15.3. The van der Waals surface area contributed by atoms with Crippen LogP contribution in [0.3, 0.4) is 0 Å². The Bertz CT molecular complexity index is 662. The molecule has 0 saturated heterocycles. The molecule has 0 N–H and O–H groups in total. The fourth-order valence-electron chi connectivity index (χ4n) is 1.56. The van der Waals surface area contributed by atoms with Gasteiger partial charge in [-0.3, -0.25) is 4.79 Å². The van der Waals surface area contributed by atoms with Crippen LogP contribution in [-0.4, -0.2) is 25.6 Å². The molecule has 1 aromatic heterocycles. The zero-order valence-electron chi connectivity index (χ0n) is 10.1. The van der Waals surface area contributed by atoms with Crippen molar-refractivity contribution in [2.45, 2.75) is 0 Å². The highest BCUT2D eigenvalue weighted by molar-refractivity contribution is 6.67. The van der Waals surface area contributed by atoms with E-state index in [0.717, 1.165) is 0 Å². The summed E-state index contributed by atoms with van der Waals surface area (Å²) in [6.07, 6.45) is 0. The maximum atomic E-state index is 11.5. The summed E-state index contributed by atoms with van der Waals surface area (Å²) in [5.74, 6) is 0.553. The lowest BCUT2D eigenvalue weighted by Crippen LogP contribution is -2.09. The number of carbonyl (C=O) groups is 1. The smallest absolute Gasteiger partial charge is 0.348 e. The van der Waals surface area contributed by atoms with Gasteiger partial charge in [-0.25, -0.2) is 4.79 Å². The first kappa shape index (κ1) is 13.6. The molecule has 0 unspecified atom stereocenters. The second kappa shape index (κ2) is 5.86. The molecule has 5 nitrogen and oxygen atoms in total. The Kier molecular flexibility index (Phi) is 4.19. The molecule has 1 aromatic carbocycles. The molecular formula is C13H11ClO5. The first-order chi connectivity index (χ1) is 9.11. The molecule has 0 aliphatic rings. The number of hydrogen-bond donors (Lipinski definition) is 0. The predicted molar refractivity (Wildman–Crippen MR) is 70.0 cm³/mol. The second-order valence-corrected chi connectivity index (χ2v) is 4.11. The summed E-state index contributed by atoms with van der Waals surface area (Å²) >= 11 is 5.29. The zero-order valence-corrected chi connectivity index (χ0v) is 10.9. The summed E-state index contributed by atoms with van der Waals surface area (Å²) in [5, 5.41) is -0.237. The maximum absolute atomic E-state index is 11.5. The Morgan fingerprint density at radius 3 is 2.79 bits per heavy atom. The van der Waals surface area contributed by atoms with Crippen LogP contribution in [0.25, 0.3) is 11.0 Å². The number of ether oxygens (including phenoxy) is 2. The maximum Gasteiger partial charge on any atom is 0.348 e. The van der Waals surface area contributed by atoms with E-state index >= 15 is 0 Å². The van der Waals surface area contributed by atoms with Gasteiger partial charge < -0.3 is 13.9 Å². The highest BCUT2D eigenvalue weighted by Gasteiger charge is 2.11. The standard InChI is InChI=1S/C13H11ClO5/c1-17-4-5-18-9-3-2-8-6-10(12(14)15)13(16)19-11(8)7-9/h2-3,6-7H,4-5H2,1H3. The molecule has 0 atom stereocenters. The molecule has 1 heterocycles. The first-order valence-corrected chi connectivity index (χ1v) is 5.89. The van der Waals surface area contributed by atoms with Crippen molar-refractivity contribution in [1.82, 2.24) is 0 Å². The molecular weight excluding hydrogens is 272 g/mol. The average molecular weight is 283 g/mol. The largest absolute Gasteiger partial charge is 0.491 e. The molecule has 0 fully saturated rings. The van der Waals surface area contributed by atoms with Gasteiger partial charge in [0.05, 0.1) is 6.61 Å². The van der Waals surface area contributed by atoms with E-state index in [1.54, 1.807) is 25.3 Å². The SMILES string of the molecule is COCCOc1ccc2cc(C(=O)Cl)c(=O)oc2c1. The van der Waals surface area contributed by atoms with Gasteiger partial charge in [0.1, 0.15) is 23.5 Å². The minimum absolute atomic E-state index is 0.179. The minimum Gasteiger partial charge on any atom is -0.491 e. The third-order valence-electron chi connectivity index (χ3n) is 2.48. The van der Waals surface area contributed by atoms with E-state index in [-0.39, 0.29) is 5.56 Å². The Balaban J connectivity index is 2.36. The van der Waals surface area contributed by atoms with Crippen molar-refractivity contribution in [2.75, 3.05) is 20.3 Å². The Morgan fingerprint density at radius 2 is 2.11 bits per heavy atom. The summed E-state index contributed by atoms with van der Waals surface area (Å²) in [7, 11) is 1.58. The number of fused-ring (bicyclic) bond motifs is 1. The van der Waals surface area contributed by atoms with Crippen molar-refractivity contribution in [2.24, 2.45) is 0 Å². The fraction of sp³-hybridized carbons (Fsp3) is 0.231. The Hall–Kier alpha value is -1.85. The molecule has 0 saturated carbocycles. The quantitative estimate of drug-likeness (QED) is 0.478. The molecule has 0 radical (unpaired) electrons. The fourth-order valence-corrected chi connectivity index (χ4v) is 1.69. The predicted octanol–water partition coefficient (Wildman–Crippen LogP) is 2.20. The molecule has 0 spiro atoms. The number of benzene rings is 1. The second-order valence-electron chi connectivity index (χ2n) is 3.76. The molecule has 100 valence electrons. The van der Waals surface area contributed by atoms with Crippen molar-refractivity contribution in [1.29, 1.82) is 0 Å². The molecule has 0 aliphatic heterocycles. The van der Waals surface area contributed by atoms with Crippen LogP contribution >= 0.6 is 11.6 Å². The van der Waals surface area contributed by atoms with Crippen LogP contribution in [0.4, 0.5) is 0 Å². The Labute approximate surface area is 113 Å². The molecule has 0 bridgehead atoms. The number of methoxy groups -OCH3 is 1. The number of halogens is 1. The lowest BCUT2D eigenvalue weighted by Gasteiger charge is -2.06. The number of carbonyl (C=O) groups excluding carboxylic acids is 1. The molecule has 2 rings (SSSR count). The van der Waals surface area contributed by atoms with E-state index in [1.807, 2.05) is 0 Å². The van der Waals surface area contributed by atoms with Crippen LogP contribution in [0.2, 0.25) is 0 Å². The summed E-state index contributed by atoms with van der Waals surface area (Å²) in [6, 6.07) is 6.37. The van der Waals surface area contributed by atoms with Gasteiger partial charge in [-0.05, 0) is 29.8 Å². The van der Waals surface area contributed by atoms with Gasteiger partial charge in [-0.15, -0.1) is 0 Å². The van der Waals surface area contributed by atoms with E-state index in [0.29, 0.717) is 29.9 Å². The van der Waals surface area contributed by atoms with Crippen molar-refractivity contribution < 1.29 is 18.7 Å². The molecule has 19 heavy (non-hydrogen) atoms. The van der Waals surface area contributed by atoms with E-state index in [9.17, 15) is 9.59 Å². The summed E-state index contributed by atoms with van der Waals surface area (Å²) in [6.45, 7) is 0.853. The van der Waals surface area contributed by atoms with Crippen LogP contribution < -0.4 is 10.4 Å². The monoisotopic (exact) mass is 282 g/mol. The van der Waals surface area contributed by atoms with E-state index < -0.39 is 10.9 Å². The third kappa shape index (κ3) is 3.13. The normalized spacial score (nSPS) is 10.6. The number of rotatable bonds is 5. The van der Waals surface area contributed by atoms with Crippen molar-refractivity contribution in [3.05, 3.63) is 40.2 Å². The van der Waals surface area contributed by atoms with Crippen LogP contribution in [0.15, 0.2) is 33.5 Å². The van der Waals surface area contributed by atoms with E-state index in [1.165, 1.54) is 6.07 Å². The van der Waals surface area contributed by atoms with Crippen molar-refractivity contribution in [3.8, 4) is 5.75 Å². The van der Waals surface area contributed by atoms with Gasteiger partial charge in [0.15, 0.2) is 0 Å². The molecule has 6 heteroatoms. The highest BCUT2D eigenvalue weighted by Crippen LogP contribution is 2.20. The summed E-state index contributed by atoms with van der Waals surface area (Å²) in [5.41, 5.74) is -0.606. The van der Waals surface area contributed by atoms with Crippen molar-refractivity contribution >= 4 is 27.8 Å². The highest BCUT2D eigenvalue weighted by atomic mass is 35.5. The van der Waals surface area contributed by atoms with Crippen LogP contribution in [0.1, 0.15) is 10.4 Å². The van der Waals surface area contributed by atoms with Crippen LogP contribution in [0, 0.1) is 0 Å². The van der Waals surface area contributed by atoms with E-state index in [2.05, 4.69) is 0 Å². The van der Waals surface area contributed by atoms with Gasteiger partial charge in [-0.2, -0.15) is 0 Å². The minimum atomic E-state index is -0.837. The van der Waals surface area contributed by atoms with E-state index in [4.69, 9.17) is 25.5 Å². The van der Waals surface area contributed by atoms with Gasteiger partial charge in [-0.1, -0.05) is 0 Å². The van der Waals surface area contributed by atoms with Crippen LogP contribution in [-0.2, 0) is 4.74 Å². The molecule has 0 aliphatic carbocycles. The lowest BCUT2D eigenvalue weighted by molar-refractivity contribution is 0.107. The van der Waals surface area contributed by atoms with Gasteiger partial charge >= 0.3 is 5.63 Å². The topological polar surface area (TPSA) is 65.7 Å². The first-order valence-electron chi connectivity index (χ1n) is 5.51. The zero-order chi connectivity index (χ0) is 13.8. The molecule has 2 aromatic rings. The van der Waals surface area contributed by atoms with Gasteiger partial charge in [0, 0.05) is 18.6 Å². The third-order valence-corrected chi connectivity index (χ3v) is 2.68. The lowest BCUT2D eigenvalue weighted by atomic mass is 10.2. The van der Waals surface area contributed by atoms with Crippen LogP contribution in [0.5, 0.6) is 5.75 Å². The average Bonchev–Trinajstić information content (AvgIpc) is 2.37. The summed E-state index contributed by atoms with van der Waals surface area (Å²) in [4.78, 5) is 22.5. The Morgan fingerprint density at radius 1 is 1.32 bits per heavy atom. The molecule has 0 amide bonds. The number of hydrogen-bond acceptors (Lipinski definition) is 5. The van der Waals surface area contributed by atoms with Gasteiger partial charge in [0.2, 0.25) is 0 Å². The van der Waals surface area contributed by atoms with Crippen molar-refractivity contribution in [3.63, 3.8) is 0 Å². The van der Waals surface area contributed by atoms with Gasteiger partial charge in [0.25, 0.3) is 5.24 Å².